The van der Waals surface area contributed by atoms with Crippen molar-refractivity contribution in [1.82, 2.24) is 0 Å². The summed E-state index contributed by atoms with van der Waals surface area (Å²) in [5, 5.41) is 11.9. The molecular weight excluding hydrogens is 182 g/mol. The van der Waals surface area contributed by atoms with Gasteiger partial charge in [-0.05, 0) is 12.1 Å². The number of benzene rings is 1. The average molecular weight is 193 g/mol. The number of anilines is 1. The van der Waals surface area contributed by atoms with E-state index in [1.165, 1.54) is 12.1 Å². The minimum absolute atomic E-state index is 0.0886. The molecule has 1 heterocycles. The molecule has 0 bridgehead atoms. The molecule has 2 rings (SSSR count). The third kappa shape index (κ3) is 1.51. The first kappa shape index (κ1) is 8.87. The van der Waals surface area contributed by atoms with Gasteiger partial charge in [0.05, 0.1) is 18.2 Å². The molecule has 4 heteroatoms. The lowest BCUT2D eigenvalue weighted by Crippen LogP contribution is -2.21. The van der Waals surface area contributed by atoms with Gasteiger partial charge in [-0.3, -0.25) is 4.79 Å². The average Bonchev–Trinajstić information content (AvgIpc) is 2.27. The van der Waals surface area contributed by atoms with Gasteiger partial charge in [-0.25, -0.2) is 0 Å². The summed E-state index contributed by atoms with van der Waals surface area (Å²) in [6.45, 7) is 2.16. The molecule has 1 aliphatic rings. The number of ether oxygens (including phenoxy) is 1. The quantitative estimate of drug-likeness (QED) is 0.654. The minimum atomic E-state index is -0.176. The van der Waals surface area contributed by atoms with Crippen molar-refractivity contribution in [3.05, 3.63) is 18.2 Å². The number of carbonyl (C=O) groups excluding carboxylic acids is 1. The number of carbonyl (C=O) groups is 1. The zero-order valence-electron chi connectivity index (χ0n) is 7.78. The van der Waals surface area contributed by atoms with E-state index < -0.39 is 0 Å². The summed E-state index contributed by atoms with van der Waals surface area (Å²) >= 11 is 0. The van der Waals surface area contributed by atoms with E-state index in [9.17, 15) is 9.90 Å². The predicted octanol–water partition coefficient (Wildman–Crippen LogP) is 1.36. The molecule has 0 fully saturated rings. The van der Waals surface area contributed by atoms with Crippen molar-refractivity contribution in [2.45, 2.75) is 6.92 Å². The molecule has 4 nitrogen and oxygen atoms in total. The first-order valence-corrected chi connectivity index (χ1v) is 4.43. The maximum atomic E-state index is 11.4. The number of hydrogen-bond donors (Lipinski definition) is 2. The molecule has 1 aliphatic heterocycles. The second-order valence-corrected chi connectivity index (χ2v) is 3.38. The van der Waals surface area contributed by atoms with E-state index in [0.717, 1.165) is 0 Å². The molecule has 1 atom stereocenters. The van der Waals surface area contributed by atoms with Crippen molar-refractivity contribution < 1.29 is 14.6 Å². The van der Waals surface area contributed by atoms with Crippen molar-refractivity contribution in [3.8, 4) is 11.5 Å². The Morgan fingerprint density at radius 1 is 1.57 bits per heavy atom. The minimum Gasteiger partial charge on any atom is -0.508 e. The van der Waals surface area contributed by atoms with Gasteiger partial charge in [0.1, 0.15) is 11.5 Å². The van der Waals surface area contributed by atoms with Gasteiger partial charge in [0.2, 0.25) is 5.91 Å². The van der Waals surface area contributed by atoms with Crippen molar-refractivity contribution in [3.63, 3.8) is 0 Å². The maximum absolute atomic E-state index is 11.4. The number of nitrogens with one attached hydrogen (secondary N) is 1. The molecule has 74 valence electrons. The van der Waals surface area contributed by atoms with Crippen LogP contribution in [0.15, 0.2) is 18.2 Å². The molecule has 0 saturated heterocycles. The highest BCUT2D eigenvalue weighted by Gasteiger charge is 2.20. The second kappa shape index (κ2) is 3.21. The third-order valence-electron chi connectivity index (χ3n) is 2.16. The van der Waals surface area contributed by atoms with Crippen LogP contribution in [0.1, 0.15) is 6.92 Å². The Balaban J connectivity index is 2.38. The maximum Gasteiger partial charge on any atom is 0.230 e. The van der Waals surface area contributed by atoms with Crippen LogP contribution in [0.25, 0.3) is 0 Å². The Morgan fingerprint density at radius 3 is 3.14 bits per heavy atom. The Hall–Kier alpha value is -1.71. The van der Waals surface area contributed by atoms with Gasteiger partial charge in [-0.2, -0.15) is 0 Å². The number of rotatable bonds is 0. The van der Waals surface area contributed by atoms with Crippen LogP contribution >= 0.6 is 0 Å². The van der Waals surface area contributed by atoms with E-state index in [0.29, 0.717) is 18.0 Å². The molecule has 0 aromatic heterocycles. The van der Waals surface area contributed by atoms with Gasteiger partial charge in [0.15, 0.2) is 0 Å². The van der Waals surface area contributed by atoms with Gasteiger partial charge >= 0.3 is 0 Å². The Labute approximate surface area is 81.5 Å². The van der Waals surface area contributed by atoms with Gasteiger partial charge in [-0.1, -0.05) is 6.92 Å². The Bertz CT molecular complexity index is 376. The number of amides is 1. The van der Waals surface area contributed by atoms with Crippen LogP contribution in [0.3, 0.4) is 0 Å². The van der Waals surface area contributed by atoms with Crippen molar-refractivity contribution in [2.75, 3.05) is 11.9 Å². The van der Waals surface area contributed by atoms with Crippen LogP contribution in [0.2, 0.25) is 0 Å². The molecule has 1 aromatic carbocycles. The van der Waals surface area contributed by atoms with Crippen molar-refractivity contribution in [1.29, 1.82) is 0 Å². The summed E-state index contributed by atoms with van der Waals surface area (Å²) in [5.74, 6) is 0.446. The first-order valence-electron chi connectivity index (χ1n) is 4.43. The SMILES string of the molecule is CC1COc2ccc(O)cc2NC1=O. The number of hydrogen-bond acceptors (Lipinski definition) is 3. The van der Waals surface area contributed by atoms with E-state index in [2.05, 4.69) is 5.32 Å². The molecule has 1 amide bonds. The van der Waals surface area contributed by atoms with E-state index in [1.54, 1.807) is 13.0 Å². The number of fused-ring (bicyclic) bond motifs is 1. The van der Waals surface area contributed by atoms with E-state index >= 15 is 0 Å². The lowest BCUT2D eigenvalue weighted by molar-refractivity contribution is -0.119. The molecular formula is C10H11NO3. The van der Waals surface area contributed by atoms with Crippen LogP contribution < -0.4 is 10.1 Å². The topological polar surface area (TPSA) is 58.6 Å². The lowest BCUT2D eigenvalue weighted by Gasteiger charge is -2.06. The highest BCUT2D eigenvalue weighted by molar-refractivity contribution is 5.94. The zero-order valence-corrected chi connectivity index (χ0v) is 7.78. The number of phenols is 1. The van der Waals surface area contributed by atoms with E-state index in [1.807, 2.05) is 0 Å². The molecule has 2 N–H and O–H groups in total. The molecule has 1 unspecified atom stereocenters. The fraction of sp³-hybridized carbons (Fsp3) is 0.300. The molecule has 0 spiro atoms. The largest absolute Gasteiger partial charge is 0.508 e. The molecule has 0 saturated carbocycles. The van der Waals surface area contributed by atoms with Crippen molar-refractivity contribution in [2.24, 2.45) is 5.92 Å². The van der Waals surface area contributed by atoms with Gasteiger partial charge < -0.3 is 15.2 Å². The summed E-state index contributed by atoms with van der Waals surface area (Å²) in [4.78, 5) is 11.4. The summed E-state index contributed by atoms with van der Waals surface area (Å²) < 4.78 is 5.39. The monoisotopic (exact) mass is 193 g/mol. The Kier molecular flexibility index (Phi) is 2.04. The fourth-order valence-electron chi connectivity index (χ4n) is 1.29. The van der Waals surface area contributed by atoms with E-state index in [-0.39, 0.29) is 17.6 Å². The number of aromatic hydroxyl groups is 1. The smallest absolute Gasteiger partial charge is 0.230 e. The molecule has 0 aliphatic carbocycles. The zero-order chi connectivity index (χ0) is 10.1. The van der Waals surface area contributed by atoms with Crippen LogP contribution in [-0.2, 0) is 4.79 Å². The molecule has 1 aromatic rings. The normalized spacial score (nSPS) is 20.4. The van der Waals surface area contributed by atoms with E-state index in [4.69, 9.17) is 4.74 Å². The predicted molar refractivity (Wildman–Crippen MR) is 51.4 cm³/mol. The standard InChI is InChI=1S/C10H11NO3/c1-6-5-14-9-3-2-7(12)4-8(9)11-10(6)13/h2-4,6,12H,5H2,1H3,(H,11,13). The van der Waals surface area contributed by atoms with Crippen LogP contribution in [0.5, 0.6) is 11.5 Å². The summed E-state index contributed by atoms with van der Waals surface area (Å²) in [6.07, 6.45) is 0. The van der Waals surface area contributed by atoms with Crippen molar-refractivity contribution >= 4 is 11.6 Å². The summed E-state index contributed by atoms with van der Waals surface area (Å²) in [6, 6.07) is 4.65. The van der Waals surface area contributed by atoms with Crippen LogP contribution in [0, 0.1) is 5.92 Å². The lowest BCUT2D eigenvalue weighted by atomic mass is 10.2. The first-order chi connectivity index (χ1) is 6.66. The highest BCUT2D eigenvalue weighted by Crippen LogP contribution is 2.31. The fourth-order valence-corrected chi connectivity index (χ4v) is 1.29. The summed E-state index contributed by atoms with van der Waals surface area (Å²) in [7, 11) is 0. The van der Waals surface area contributed by atoms with Crippen LogP contribution in [-0.4, -0.2) is 17.6 Å². The number of phenolic OH excluding ortho intramolecular Hbond substituents is 1. The summed E-state index contributed by atoms with van der Waals surface area (Å²) in [5.41, 5.74) is 0.527. The van der Waals surface area contributed by atoms with Gasteiger partial charge in [-0.15, -0.1) is 0 Å². The van der Waals surface area contributed by atoms with Gasteiger partial charge in [0, 0.05) is 6.07 Å². The van der Waals surface area contributed by atoms with Gasteiger partial charge in [0.25, 0.3) is 0 Å². The highest BCUT2D eigenvalue weighted by atomic mass is 16.5. The van der Waals surface area contributed by atoms with Crippen LogP contribution in [0.4, 0.5) is 5.69 Å². The Morgan fingerprint density at radius 2 is 2.36 bits per heavy atom. The second-order valence-electron chi connectivity index (χ2n) is 3.38. The molecule has 0 radical (unpaired) electrons. The molecule has 14 heavy (non-hydrogen) atoms. The third-order valence-corrected chi connectivity index (χ3v) is 2.16.